The lowest BCUT2D eigenvalue weighted by Gasteiger charge is -2.09. The lowest BCUT2D eigenvalue weighted by atomic mass is 10.2. The van der Waals surface area contributed by atoms with Crippen LogP contribution in [0, 0.1) is 11.5 Å². The summed E-state index contributed by atoms with van der Waals surface area (Å²) in [6.07, 6.45) is 4.77. The molecule has 1 aromatic carbocycles. The van der Waals surface area contributed by atoms with Gasteiger partial charge < -0.3 is 14.6 Å². The van der Waals surface area contributed by atoms with Gasteiger partial charge in [-0.15, -0.1) is 11.8 Å². The average Bonchev–Trinajstić information content (AvgIpc) is 3.24. The normalized spacial score (nSPS) is 11.7. The quantitative estimate of drug-likeness (QED) is 0.105. The Labute approximate surface area is 204 Å². The highest BCUT2D eigenvalue weighted by molar-refractivity contribution is 7.98. The number of nitriles is 1. The van der Waals surface area contributed by atoms with Crippen molar-refractivity contribution in [1.82, 2.24) is 20.5 Å². The zero-order chi connectivity index (χ0) is 23.5. The van der Waals surface area contributed by atoms with Crippen LogP contribution in [0.3, 0.4) is 0 Å². The first kappa shape index (κ1) is 25.0. The number of nitrogens with one attached hydrogen (secondary N) is 2. The molecule has 0 aliphatic rings. The molecule has 0 bridgehead atoms. The predicted molar refractivity (Wildman–Crippen MR) is 139 cm³/mol. The number of rotatable bonds is 11. The predicted octanol–water partition coefficient (Wildman–Crippen LogP) is 4.10. The van der Waals surface area contributed by atoms with Crippen LogP contribution in [0.15, 0.2) is 56.8 Å². The van der Waals surface area contributed by atoms with Crippen molar-refractivity contribution in [3.8, 4) is 6.19 Å². The van der Waals surface area contributed by atoms with E-state index in [1.165, 1.54) is 4.90 Å². The Morgan fingerprint density at radius 3 is 2.82 bits per heavy atom. The van der Waals surface area contributed by atoms with E-state index in [4.69, 9.17) is 14.7 Å². The summed E-state index contributed by atoms with van der Waals surface area (Å²) in [5.74, 6) is 4.09. The van der Waals surface area contributed by atoms with Crippen molar-refractivity contribution in [3.63, 3.8) is 0 Å². The van der Waals surface area contributed by atoms with Crippen molar-refractivity contribution in [2.24, 2.45) is 4.99 Å². The van der Waals surface area contributed by atoms with E-state index in [9.17, 15) is 0 Å². The van der Waals surface area contributed by atoms with E-state index in [0.29, 0.717) is 19.0 Å². The minimum Gasteiger partial charge on any atom is -0.464 e. The summed E-state index contributed by atoms with van der Waals surface area (Å²) in [6, 6.07) is 14.5. The van der Waals surface area contributed by atoms with Gasteiger partial charge in [-0.3, -0.25) is 15.3 Å². The second-order valence-corrected chi connectivity index (χ2v) is 9.65. The maximum absolute atomic E-state index is 9.01. The lowest BCUT2D eigenvalue weighted by molar-refractivity contribution is 0.344. The van der Waals surface area contributed by atoms with E-state index in [2.05, 4.69) is 57.1 Å². The maximum Gasteiger partial charge on any atom is 0.204 e. The van der Waals surface area contributed by atoms with Gasteiger partial charge in [0.05, 0.1) is 24.4 Å². The maximum atomic E-state index is 9.01. The topological polar surface area (TPSA) is 89.5 Å². The van der Waals surface area contributed by atoms with Gasteiger partial charge in [-0.25, -0.2) is 0 Å². The molecule has 0 fully saturated rings. The first-order valence-electron chi connectivity index (χ1n) is 10.7. The summed E-state index contributed by atoms with van der Waals surface area (Å²) in [5, 5.41) is 16.0. The van der Waals surface area contributed by atoms with E-state index in [-0.39, 0.29) is 0 Å². The number of benzene rings is 1. The van der Waals surface area contributed by atoms with Gasteiger partial charge in [-0.1, -0.05) is 6.07 Å². The van der Waals surface area contributed by atoms with E-state index >= 15 is 0 Å². The highest BCUT2D eigenvalue weighted by atomic mass is 32.2. The fourth-order valence-corrected chi connectivity index (χ4v) is 4.37. The summed E-state index contributed by atoms with van der Waals surface area (Å²) < 4.78 is 5.82. The third-order valence-electron chi connectivity index (χ3n) is 4.74. The minimum absolute atomic E-state index is 0.495. The molecule has 33 heavy (non-hydrogen) atoms. The highest BCUT2D eigenvalue weighted by Gasteiger charge is 2.04. The van der Waals surface area contributed by atoms with Gasteiger partial charge in [0.15, 0.2) is 6.19 Å². The van der Waals surface area contributed by atoms with Crippen LogP contribution in [0.2, 0.25) is 0 Å². The van der Waals surface area contributed by atoms with Gasteiger partial charge in [0, 0.05) is 34.7 Å². The van der Waals surface area contributed by atoms with Crippen LogP contribution >= 0.6 is 23.5 Å². The molecule has 0 saturated heterocycles. The number of aliphatic imine (C=N–C) groups is 1. The van der Waals surface area contributed by atoms with Crippen LogP contribution in [-0.4, -0.2) is 55.0 Å². The summed E-state index contributed by atoms with van der Waals surface area (Å²) in [6.45, 7) is 2.06. The number of guanidine groups is 1. The number of hydrogen-bond donors (Lipinski definition) is 2. The van der Waals surface area contributed by atoms with Crippen molar-refractivity contribution < 1.29 is 4.42 Å². The summed E-state index contributed by atoms with van der Waals surface area (Å²) in [7, 11) is 4.05. The van der Waals surface area contributed by atoms with Crippen LogP contribution in [0.1, 0.15) is 17.2 Å². The van der Waals surface area contributed by atoms with Crippen molar-refractivity contribution in [1.29, 1.82) is 5.26 Å². The molecule has 0 saturated carbocycles. The fourth-order valence-electron chi connectivity index (χ4n) is 3.20. The van der Waals surface area contributed by atoms with E-state index < -0.39 is 0 Å². The Morgan fingerprint density at radius 1 is 1.18 bits per heavy atom. The molecule has 0 aliphatic carbocycles. The smallest absolute Gasteiger partial charge is 0.204 e. The lowest BCUT2D eigenvalue weighted by Crippen LogP contribution is -2.36. The number of thioether (sulfide) groups is 2. The summed E-state index contributed by atoms with van der Waals surface area (Å²) in [4.78, 5) is 12.5. The van der Waals surface area contributed by atoms with Crippen molar-refractivity contribution in [2.75, 3.05) is 39.2 Å². The van der Waals surface area contributed by atoms with Crippen LogP contribution < -0.4 is 10.6 Å². The molecule has 0 atom stereocenters. The molecule has 2 heterocycles. The third-order valence-corrected chi connectivity index (χ3v) is 6.43. The minimum atomic E-state index is 0.495. The van der Waals surface area contributed by atoms with Gasteiger partial charge in [0.1, 0.15) is 11.5 Å². The molecule has 174 valence electrons. The van der Waals surface area contributed by atoms with Gasteiger partial charge in [0.25, 0.3) is 0 Å². The molecule has 3 rings (SSSR count). The fraction of sp³-hybridized carbons (Fsp3) is 0.375. The first-order chi connectivity index (χ1) is 16.1. The number of pyridine rings is 1. The molecular formula is C24H30N6OS2. The second-order valence-electron chi connectivity index (χ2n) is 7.66. The van der Waals surface area contributed by atoms with Gasteiger partial charge in [0.2, 0.25) is 5.96 Å². The number of fused-ring (bicyclic) bond motifs is 1. The largest absolute Gasteiger partial charge is 0.464 e. The third kappa shape index (κ3) is 8.31. The van der Waals surface area contributed by atoms with Crippen molar-refractivity contribution >= 4 is 40.4 Å². The molecule has 0 amide bonds. The van der Waals surface area contributed by atoms with Crippen LogP contribution in [-0.2, 0) is 18.7 Å². The van der Waals surface area contributed by atoms with Crippen LogP contribution in [0.4, 0.5) is 0 Å². The zero-order valence-electron chi connectivity index (χ0n) is 19.3. The second kappa shape index (κ2) is 13.1. The molecule has 7 nitrogen and oxygen atoms in total. The van der Waals surface area contributed by atoms with Gasteiger partial charge in [-0.2, -0.15) is 17.0 Å². The molecule has 9 heteroatoms. The van der Waals surface area contributed by atoms with Crippen LogP contribution in [0.25, 0.3) is 10.9 Å². The molecule has 0 spiro atoms. The molecule has 3 aromatic rings. The number of aromatic nitrogens is 1. The Morgan fingerprint density at radius 2 is 2.03 bits per heavy atom. The van der Waals surface area contributed by atoms with Crippen LogP contribution in [0.5, 0.6) is 0 Å². The molecule has 2 aromatic heterocycles. The molecule has 0 aliphatic heterocycles. The Bertz CT molecular complexity index is 1110. The molecular weight excluding hydrogens is 452 g/mol. The molecule has 2 N–H and O–H groups in total. The summed E-state index contributed by atoms with van der Waals surface area (Å²) >= 11 is 3.49. The Balaban J connectivity index is 1.42. The van der Waals surface area contributed by atoms with Gasteiger partial charge in [-0.05, 0) is 56.7 Å². The van der Waals surface area contributed by atoms with E-state index in [1.807, 2.05) is 32.4 Å². The summed E-state index contributed by atoms with van der Waals surface area (Å²) in [5.41, 5.74) is 2.00. The number of furan rings is 1. The molecule has 0 unspecified atom stereocenters. The van der Waals surface area contributed by atoms with E-state index in [1.54, 1.807) is 23.5 Å². The van der Waals surface area contributed by atoms with Gasteiger partial charge >= 0.3 is 0 Å². The number of nitrogens with zero attached hydrogens (tertiary/aromatic N) is 4. The Hall–Kier alpha value is -2.67. The molecule has 0 radical (unpaired) electrons. The standard InChI is InChI=1S/C24H30N6OS2/c1-30(2)15-20-6-7-21(31-20)16-33-13-12-27-24(28-17-25)26-11-10-19-5-4-18-14-22(32-3)8-9-23(18)29-19/h4-9,14H,10-13,15-16H2,1-3H3,(H2,26,27,28). The first-order valence-corrected chi connectivity index (χ1v) is 13.1. The average molecular weight is 483 g/mol. The Kier molecular flexibility index (Phi) is 9.94. The monoisotopic (exact) mass is 482 g/mol. The van der Waals surface area contributed by atoms with E-state index in [0.717, 1.165) is 52.6 Å². The van der Waals surface area contributed by atoms with Crippen molar-refractivity contribution in [3.05, 3.63) is 59.7 Å². The number of hydrogen-bond acceptors (Lipinski definition) is 7. The highest BCUT2D eigenvalue weighted by Crippen LogP contribution is 2.21. The zero-order valence-corrected chi connectivity index (χ0v) is 20.9. The SMILES string of the molecule is CSc1ccc2nc(CCNC(=NCCSCc3ccc(CN(C)C)o3)NC#N)ccc2c1. The van der Waals surface area contributed by atoms with Crippen molar-refractivity contribution in [2.45, 2.75) is 23.6 Å².